The van der Waals surface area contributed by atoms with Gasteiger partial charge in [-0.05, 0) is 0 Å². The Balaban J connectivity index is 2.03. The quantitative estimate of drug-likeness (QED) is 0.395. The van der Waals surface area contributed by atoms with Crippen molar-refractivity contribution in [3.63, 3.8) is 0 Å². The highest BCUT2D eigenvalue weighted by molar-refractivity contribution is 6.17. The van der Waals surface area contributed by atoms with Crippen molar-refractivity contribution in [3.8, 4) is 0 Å². The molecule has 2 bridgehead atoms. The molecule has 78 valence electrons. The van der Waals surface area contributed by atoms with Crippen LogP contribution in [0.4, 0.5) is 0 Å². The minimum atomic E-state index is -0.501. The van der Waals surface area contributed by atoms with Crippen molar-refractivity contribution in [2.75, 3.05) is 0 Å². The number of hydrogen-bond donors (Lipinski definition) is 0. The normalized spacial score (nSPS) is 41.5. The van der Waals surface area contributed by atoms with Gasteiger partial charge >= 0.3 is 0 Å². The van der Waals surface area contributed by atoms with Gasteiger partial charge in [-0.2, -0.15) is 0 Å². The largest absolute Gasteiger partial charge is 0.365 e. The Bertz CT molecular complexity index is 384. The molecule has 15 heavy (non-hydrogen) atoms. The van der Waals surface area contributed by atoms with Gasteiger partial charge in [0.05, 0.1) is 24.0 Å². The Morgan fingerprint density at radius 1 is 1.20 bits per heavy atom. The molecule has 4 atom stereocenters. The number of likely N-dealkylation sites (tertiary alicyclic amines) is 1. The molecular formula is C10H9NO4. The fourth-order valence-corrected chi connectivity index (χ4v) is 2.61. The standard InChI is InChI=1S/C10H9NO4/c1-4(12)11-9(13)7-5-2-3-6(15-5)8(7)10(11)14/h2-3,5-8H,1H3. The first-order chi connectivity index (χ1) is 7.11. The average Bonchev–Trinajstić information content (AvgIpc) is 2.79. The van der Waals surface area contributed by atoms with E-state index in [0.717, 1.165) is 4.90 Å². The molecule has 0 aromatic rings. The molecule has 3 rings (SSSR count). The highest BCUT2D eigenvalue weighted by Crippen LogP contribution is 2.44. The highest BCUT2D eigenvalue weighted by Gasteiger charge is 2.61. The molecule has 0 aromatic heterocycles. The van der Waals surface area contributed by atoms with E-state index in [-0.39, 0.29) is 12.2 Å². The molecule has 0 radical (unpaired) electrons. The lowest BCUT2D eigenvalue weighted by atomic mass is 9.85. The van der Waals surface area contributed by atoms with Crippen molar-refractivity contribution in [2.24, 2.45) is 11.8 Å². The second-order valence-electron chi connectivity index (χ2n) is 4.03. The molecule has 3 aliphatic rings. The molecule has 0 N–H and O–H groups in total. The number of imide groups is 3. The summed E-state index contributed by atoms with van der Waals surface area (Å²) in [6.07, 6.45) is 2.95. The van der Waals surface area contributed by atoms with E-state index >= 15 is 0 Å². The monoisotopic (exact) mass is 207 g/mol. The fraction of sp³-hybridized carbons (Fsp3) is 0.500. The molecule has 2 fully saturated rings. The molecule has 3 amide bonds. The highest BCUT2D eigenvalue weighted by atomic mass is 16.5. The van der Waals surface area contributed by atoms with Gasteiger partial charge in [-0.25, -0.2) is 4.90 Å². The zero-order valence-corrected chi connectivity index (χ0v) is 8.04. The molecule has 0 aromatic carbocycles. The minimum Gasteiger partial charge on any atom is -0.365 e. The van der Waals surface area contributed by atoms with Crippen LogP contribution in [0.1, 0.15) is 6.92 Å². The van der Waals surface area contributed by atoms with Crippen LogP contribution in [0.15, 0.2) is 12.2 Å². The van der Waals surface area contributed by atoms with E-state index in [0.29, 0.717) is 0 Å². The van der Waals surface area contributed by atoms with Gasteiger partial charge in [0.15, 0.2) is 0 Å². The first-order valence-electron chi connectivity index (χ1n) is 4.83. The third-order valence-electron chi connectivity index (χ3n) is 3.23. The first-order valence-corrected chi connectivity index (χ1v) is 4.83. The van der Waals surface area contributed by atoms with Crippen LogP contribution in [0.25, 0.3) is 0 Å². The molecule has 0 spiro atoms. The van der Waals surface area contributed by atoms with Crippen LogP contribution in [-0.4, -0.2) is 34.8 Å². The Kier molecular flexibility index (Phi) is 1.49. The summed E-state index contributed by atoms with van der Waals surface area (Å²) in [7, 11) is 0. The van der Waals surface area contributed by atoms with Crippen LogP contribution < -0.4 is 0 Å². The smallest absolute Gasteiger partial charge is 0.243 e. The van der Waals surface area contributed by atoms with Gasteiger partial charge in [-0.1, -0.05) is 12.2 Å². The fourth-order valence-electron chi connectivity index (χ4n) is 2.61. The zero-order valence-electron chi connectivity index (χ0n) is 8.04. The lowest BCUT2D eigenvalue weighted by Gasteiger charge is -2.12. The van der Waals surface area contributed by atoms with E-state index in [4.69, 9.17) is 4.74 Å². The summed E-state index contributed by atoms with van der Waals surface area (Å²) >= 11 is 0. The van der Waals surface area contributed by atoms with E-state index in [1.807, 2.05) is 0 Å². The first kappa shape index (κ1) is 8.79. The number of carbonyl (C=O) groups excluding carboxylic acids is 3. The molecular weight excluding hydrogens is 198 g/mol. The Morgan fingerprint density at radius 3 is 2.07 bits per heavy atom. The van der Waals surface area contributed by atoms with Gasteiger partial charge < -0.3 is 4.74 Å². The molecule has 5 heteroatoms. The SMILES string of the molecule is CC(=O)N1C(=O)C2C3C=CC(O3)C2C1=O. The maximum atomic E-state index is 11.8. The van der Waals surface area contributed by atoms with E-state index in [2.05, 4.69) is 0 Å². The third kappa shape index (κ3) is 0.885. The number of rotatable bonds is 0. The molecule has 3 heterocycles. The summed E-state index contributed by atoms with van der Waals surface area (Å²) in [6, 6.07) is 0. The second-order valence-corrected chi connectivity index (χ2v) is 4.03. The van der Waals surface area contributed by atoms with Gasteiger partial charge in [0.1, 0.15) is 0 Å². The van der Waals surface area contributed by atoms with Crippen molar-refractivity contribution in [2.45, 2.75) is 19.1 Å². The molecule has 0 aliphatic carbocycles. The topological polar surface area (TPSA) is 63.7 Å². The predicted molar refractivity (Wildman–Crippen MR) is 47.3 cm³/mol. The van der Waals surface area contributed by atoms with Gasteiger partial charge in [-0.3, -0.25) is 14.4 Å². The maximum Gasteiger partial charge on any atom is 0.243 e. The summed E-state index contributed by atoms with van der Waals surface area (Å²) in [5.41, 5.74) is 0. The minimum absolute atomic E-state index is 0.319. The van der Waals surface area contributed by atoms with Crippen LogP contribution in [-0.2, 0) is 19.1 Å². The summed E-state index contributed by atoms with van der Waals surface area (Å²) in [6.45, 7) is 1.23. The maximum absolute atomic E-state index is 11.8. The number of hydrogen-bond acceptors (Lipinski definition) is 4. The summed E-state index contributed by atoms with van der Waals surface area (Å²) in [5.74, 6) is -2.27. The number of fused-ring (bicyclic) bond motifs is 5. The lowest BCUT2D eigenvalue weighted by Crippen LogP contribution is -2.37. The van der Waals surface area contributed by atoms with Crippen LogP contribution in [0.3, 0.4) is 0 Å². The Hall–Kier alpha value is -1.49. The average molecular weight is 207 g/mol. The van der Waals surface area contributed by atoms with Crippen LogP contribution in [0, 0.1) is 11.8 Å². The van der Waals surface area contributed by atoms with Gasteiger partial charge in [0, 0.05) is 6.92 Å². The number of ether oxygens (including phenoxy) is 1. The molecule has 3 aliphatic heterocycles. The van der Waals surface area contributed by atoms with Crippen molar-refractivity contribution >= 4 is 17.7 Å². The molecule has 5 nitrogen and oxygen atoms in total. The number of carbonyl (C=O) groups is 3. The van der Waals surface area contributed by atoms with Crippen molar-refractivity contribution < 1.29 is 19.1 Å². The third-order valence-corrected chi connectivity index (χ3v) is 3.23. The summed E-state index contributed by atoms with van der Waals surface area (Å²) < 4.78 is 5.42. The van der Waals surface area contributed by atoms with E-state index in [1.54, 1.807) is 12.2 Å². The van der Waals surface area contributed by atoms with Crippen molar-refractivity contribution in [3.05, 3.63) is 12.2 Å². The molecule has 0 saturated carbocycles. The Labute approximate surface area is 85.7 Å². The predicted octanol–water partition coefficient (Wildman–Crippen LogP) is -0.529. The van der Waals surface area contributed by atoms with Crippen molar-refractivity contribution in [1.82, 2.24) is 4.90 Å². The number of amides is 3. The van der Waals surface area contributed by atoms with E-state index in [1.165, 1.54) is 6.92 Å². The van der Waals surface area contributed by atoms with Crippen LogP contribution in [0.2, 0.25) is 0 Å². The zero-order chi connectivity index (χ0) is 10.7. The van der Waals surface area contributed by atoms with Gasteiger partial charge in [0.25, 0.3) is 0 Å². The van der Waals surface area contributed by atoms with Gasteiger partial charge in [-0.15, -0.1) is 0 Å². The van der Waals surface area contributed by atoms with Crippen LogP contribution in [0.5, 0.6) is 0 Å². The van der Waals surface area contributed by atoms with E-state index in [9.17, 15) is 14.4 Å². The number of nitrogens with zero attached hydrogens (tertiary/aromatic N) is 1. The molecule has 4 unspecified atom stereocenters. The lowest BCUT2D eigenvalue weighted by molar-refractivity contribution is -0.151. The Morgan fingerprint density at radius 2 is 1.67 bits per heavy atom. The van der Waals surface area contributed by atoms with E-state index < -0.39 is 29.6 Å². The molecule has 2 saturated heterocycles. The summed E-state index contributed by atoms with van der Waals surface area (Å²) in [5, 5.41) is 0. The van der Waals surface area contributed by atoms with Crippen LogP contribution >= 0.6 is 0 Å². The van der Waals surface area contributed by atoms with Crippen molar-refractivity contribution in [1.29, 1.82) is 0 Å². The second kappa shape index (κ2) is 2.55. The van der Waals surface area contributed by atoms with Gasteiger partial charge in [0.2, 0.25) is 17.7 Å². The summed E-state index contributed by atoms with van der Waals surface area (Å²) in [4.78, 5) is 35.5.